The van der Waals surface area contributed by atoms with Gasteiger partial charge in [-0.2, -0.15) is 5.10 Å². The van der Waals surface area contributed by atoms with Crippen molar-refractivity contribution in [2.45, 2.75) is 33.2 Å². The summed E-state index contributed by atoms with van der Waals surface area (Å²) in [5.41, 5.74) is 0.938. The molecule has 1 amide bonds. The first kappa shape index (κ1) is 18.4. The Kier molecular flexibility index (Phi) is 6.76. The fourth-order valence-electron chi connectivity index (χ4n) is 2.62. The summed E-state index contributed by atoms with van der Waals surface area (Å²) < 4.78 is 1.56. The molecular formula is C13H22ClN5O3. The van der Waals surface area contributed by atoms with Gasteiger partial charge in [0.25, 0.3) is 0 Å². The number of nitro groups is 1. The fourth-order valence-corrected chi connectivity index (χ4v) is 2.62. The number of aryl methyl sites for hydroxylation is 2. The van der Waals surface area contributed by atoms with Crippen molar-refractivity contribution < 1.29 is 9.72 Å². The number of hydrogen-bond donors (Lipinski definition) is 1. The number of halogens is 1. The lowest BCUT2D eigenvalue weighted by molar-refractivity contribution is -0.386. The number of carbonyl (C=O) groups excluding carboxylic acids is 1. The second-order valence-corrected chi connectivity index (χ2v) is 5.23. The summed E-state index contributed by atoms with van der Waals surface area (Å²) in [4.78, 5) is 24.6. The van der Waals surface area contributed by atoms with Gasteiger partial charge in [-0.1, -0.05) is 0 Å². The van der Waals surface area contributed by atoms with Crippen LogP contribution in [0.1, 0.15) is 24.2 Å². The highest BCUT2D eigenvalue weighted by Crippen LogP contribution is 2.21. The highest BCUT2D eigenvalue weighted by molar-refractivity contribution is 5.85. The van der Waals surface area contributed by atoms with Crippen LogP contribution in [0.5, 0.6) is 0 Å². The van der Waals surface area contributed by atoms with Crippen LogP contribution >= 0.6 is 12.4 Å². The van der Waals surface area contributed by atoms with E-state index >= 15 is 0 Å². The molecule has 1 aliphatic heterocycles. The third-order valence-electron chi connectivity index (χ3n) is 3.76. The van der Waals surface area contributed by atoms with E-state index in [9.17, 15) is 14.9 Å². The molecule has 2 heterocycles. The van der Waals surface area contributed by atoms with Crippen LogP contribution in [0.4, 0.5) is 5.69 Å². The molecule has 0 aliphatic carbocycles. The van der Waals surface area contributed by atoms with Gasteiger partial charge in [-0.3, -0.25) is 19.6 Å². The molecule has 2 rings (SSSR count). The van der Waals surface area contributed by atoms with Gasteiger partial charge < -0.3 is 10.2 Å². The summed E-state index contributed by atoms with van der Waals surface area (Å²) in [5, 5.41) is 18.4. The van der Waals surface area contributed by atoms with Gasteiger partial charge in [-0.15, -0.1) is 12.4 Å². The molecule has 1 fully saturated rings. The molecule has 0 saturated carbocycles. The van der Waals surface area contributed by atoms with Crippen LogP contribution < -0.4 is 5.32 Å². The molecule has 0 spiro atoms. The third-order valence-corrected chi connectivity index (χ3v) is 3.76. The monoisotopic (exact) mass is 331 g/mol. The van der Waals surface area contributed by atoms with E-state index < -0.39 is 4.92 Å². The molecule has 1 aromatic rings. The molecular weight excluding hydrogens is 310 g/mol. The second kappa shape index (κ2) is 8.09. The quantitative estimate of drug-likeness (QED) is 0.657. The van der Waals surface area contributed by atoms with Crippen LogP contribution in [0.3, 0.4) is 0 Å². The summed E-state index contributed by atoms with van der Waals surface area (Å²) in [6, 6.07) is 0. The zero-order valence-corrected chi connectivity index (χ0v) is 13.7. The van der Waals surface area contributed by atoms with Crippen molar-refractivity contribution in [3.05, 3.63) is 21.5 Å². The third kappa shape index (κ3) is 4.17. The Morgan fingerprint density at radius 3 is 2.73 bits per heavy atom. The Morgan fingerprint density at radius 2 is 2.09 bits per heavy atom. The maximum absolute atomic E-state index is 12.2. The summed E-state index contributed by atoms with van der Waals surface area (Å²) >= 11 is 0. The van der Waals surface area contributed by atoms with Crippen LogP contribution in [-0.2, 0) is 11.3 Å². The van der Waals surface area contributed by atoms with Gasteiger partial charge >= 0.3 is 5.69 Å². The lowest BCUT2D eigenvalue weighted by Crippen LogP contribution is -2.34. The first-order valence-corrected chi connectivity index (χ1v) is 7.17. The lowest BCUT2D eigenvalue weighted by Gasteiger charge is -2.19. The number of rotatable bonds is 4. The summed E-state index contributed by atoms with van der Waals surface area (Å²) in [6.07, 6.45) is 1.27. The van der Waals surface area contributed by atoms with E-state index in [0.717, 1.165) is 32.6 Å². The van der Waals surface area contributed by atoms with Crippen molar-refractivity contribution in [3.8, 4) is 0 Å². The molecule has 1 saturated heterocycles. The SMILES string of the molecule is Cc1nn(CCC(=O)N2CCCNCC2)c(C)c1[N+](=O)[O-].Cl. The highest BCUT2D eigenvalue weighted by Gasteiger charge is 2.22. The molecule has 0 bridgehead atoms. The van der Waals surface area contributed by atoms with Gasteiger partial charge in [-0.25, -0.2) is 0 Å². The van der Waals surface area contributed by atoms with Crippen molar-refractivity contribution in [1.82, 2.24) is 20.0 Å². The molecule has 1 N–H and O–H groups in total. The Balaban J connectivity index is 0.00000242. The Labute approximate surface area is 135 Å². The number of aromatic nitrogens is 2. The Morgan fingerprint density at radius 1 is 1.36 bits per heavy atom. The predicted octanol–water partition coefficient (Wildman–Crippen LogP) is 1.04. The van der Waals surface area contributed by atoms with E-state index in [2.05, 4.69) is 10.4 Å². The summed E-state index contributed by atoms with van der Waals surface area (Å²) in [6.45, 7) is 6.90. The first-order valence-electron chi connectivity index (χ1n) is 7.17. The second-order valence-electron chi connectivity index (χ2n) is 5.23. The minimum Gasteiger partial charge on any atom is -0.341 e. The van der Waals surface area contributed by atoms with Gasteiger partial charge in [0.2, 0.25) is 5.91 Å². The Bertz CT molecular complexity index is 538. The van der Waals surface area contributed by atoms with E-state index in [1.807, 2.05) is 4.90 Å². The minimum atomic E-state index is -0.420. The maximum Gasteiger partial charge on any atom is 0.312 e. The van der Waals surface area contributed by atoms with Crippen LogP contribution in [0.25, 0.3) is 0 Å². The molecule has 0 aromatic carbocycles. The van der Waals surface area contributed by atoms with Crippen LogP contribution in [0.2, 0.25) is 0 Å². The number of nitrogens with zero attached hydrogens (tertiary/aromatic N) is 4. The normalized spacial score (nSPS) is 15.1. The molecule has 0 atom stereocenters. The molecule has 22 heavy (non-hydrogen) atoms. The van der Waals surface area contributed by atoms with Gasteiger partial charge in [0.05, 0.1) is 11.5 Å². The number of hydrogen-bond acceptors (Lipinski definition) is 5. The molecule has 0 unspecified atom stereocenters. The lowest BCUT2D eigenvalue weighted by atomic mass is 10.3. The van der Waals surface area contributed by atoms with Crippen molar-refractivity contribution in [2.75, 3.05) is 26.2 Å². The van der Waals surface area contributed by atoms with Gasteiger partial charge in [0.1, 0.15) is 11.4 Å². The first-order chi connectivity index (χ1) is 10.0. The molecule has 0 radical (unpaired) electrons. The maximum atomic E-state index is 12.2. The zero-order valence-electron chi connectivity index (χ0n) is 12.9. The molecule has 9 heteroatoms. The molecule has 1 aliphatic rings. The largest absolute Gasteiger partial charge is 0.341 e. The highest BCUT2D eigenvalue weighted by atomic mass is 35.5. The van der Waals surface area contributed by atoms with Crippen LogP contribution in [-0.4, -0.2) is 51.7 Å². The van der Waals surface area contributed by atoms with E-state index in [4.69, 9.17) is 0 Å². The van der Waals surface area contributed by atoms with Crippen molar-refractivity contribution in [1.29, 1.82) is 0 Å². The number of amides is 1. The predicted molar refractivity (Wildman–Crippen MR) is 84.3 cm³/mol. The average Bonchev–Trinajstić information content (AvgIpc) is 2.62. The van der Waals surface area contributed by atoms with Crippen molar-refractivity contribution in [2.24, 2.45) is 0 Å². The fraction of sp³-hybridized carbons (Fsp3) is 0.692. The van der Waals surface area contributed by atoms with Gasteiger partial charge in [0.15, 0.2) is 0 Å². The topological polar surface area (TPSA) is 93.3 Å². The van der Waals surface area contributed by atoms with Gasteiger partial charge in [0, 0.05) is 26.1 Å². The summed E-state index contributed by atoms with van der Waals surface area (Å²) in [7, 11) is 0. The average molecular weight is 332 g/mol. The minimum absolute atomic E-state index is 0. The van der Waals surface area contributed by atoms with E-state index in [1.54, 1.807) is 18.5 Å². The number of carbonyl (C=O) groups is 1. The van der Waals surface area contributed by atoms with Crippen molar-refractivity contribution >= 4 is 24.0 Å². The van der Waals surface area contributed by atoms with E-state index in [1.165, 1.54) is 0 Å². The smallest absolute Gasteiger partial charge is 0.312 e. The van der Waals surface area contributed by atoms with Crippen LogP contribution in [0.15, 0.2) is 0 Å². The molecule has 8 nitrogen and oxygen atoms in total. The van der Waals surface area contributed by atoms with Gasteiger partial charge in [-0.05, 0) is 26.8 Å². The summed E-state index contributed by atoms with van der Waals surface area (Å²) in [5.74, 6) is 0.0777. The van der Waals surface area contributed by atoms with Crippen LogP contribution in [0, 0.1) is 24.0 Å². The number of nitrogens with one attached hydrogen (secondary N) is 1. The molecule has 1 aromatic heterocycles. The Hall–Kier alpha value is -1.67. The molecule has 124 valence electrons. The van der Waals surface area contributed by atoms with E-state index in [-0.39, 0.29) is 24.0 Å². The zero-order chi connectivity index (χ0) is 15.4. The standard InChI is InChI=1S/C13H21N5O3.ClH/c1-10-13(18(20)21)11(2)17(15-10)8-4-12(19)16-7-3-5-14-6-9-16;/h14H,3-9H2,1-2H3;1H. The van der Waals surface area contributed by atoms with E-state index in [0.29, 0.717) is 24.4 Å². The van der Waals surface area contributed by atoms with Crippen molar-refractivity contribution in [3.63, 3.8) is 0 Å².